The molecular formula is C25H17ClFN3O4S. The molecule has 1 amide bonds. The molecule has 1 aliphatic heterocycles. The van der Waals surface area contributed by atoms with Gasteiger partial charge in [-0.2, -0.15) is 0 Å². The SMILES string of the molecule is COc1ccc(/C(O)=C2\C(=O)C(=O)N(c3nc4cc(Cl)c(F)cc4s3)C2c2ccccn2)cc1C. The third kappa shape index (κ3) is 3.82. The second kappa shape index (κ2) is 8.75. The van der Waals surface area contributed by atoms with E-state index in [1.807, 2.05) is 0 Å². The fourth-order valence-electron chi connectivity index (χ4n) is 4.04. The van der Waals surface area contributed by atoms with E-state index in [9.17, 15) is 19.1 Å². The Hall–Kier alpha value is -3.82. The summed E-state index contributed by atoms with van der Waals surface area (Å²) in [6.07, 6.45) is 1.53. The molecular weight excluding hydrogens is 493 g/mol. The average Bonchev–Trinajstić information content (AvgIpc) is 3.37. The average molecular weight is 510 g/mol. The van der Waals surface area contributed by atoms with Crippen LogP contribution in [0.2, 0.25) is 5.02 Å². The minimum absolute atomic E-state index is 0.104. The zero-order valence-corrected chi connectivity index (χ0v) is 20.0. The van der Waals surface area contributed by atoms with Crippen molar-refractivity contribution in [2.24, 2.45) is 0 Å². The lowest BCUT2D eigenvalue weighted by atomic mass is 9.97. The molecule has 3 heterocycles. The monoisotopic (exact) mass is 509 g/mol. The van der Waals surface area contributed by atoms with Crippen LogP contribution in [-0.2, 0) is 9.59 Å². The number of amides is 1. The smallest absolute Gasteiger partial charge is 0.301 e. The van der Waals surface area contributed by atoms with Gasteiger partial charge in [0, 0.05) is 11.8 Å². The Morgan fingerprint density at radius 1 is 1.20 bits per heavy atom. The predicted octanol–water partition coefficient (Wildman–Crippen LogP) is 5.43. The molecule has 0 spiro atoms. The molecule has 0 saturated carbocycles. The van der Waals surface area contributed by atoms with Crippen LogP contribution in [0.25, 0.3) is 16.0 Å². The maximum atomic E-state index is 14.0. The lowest BCUT2D eigenvalue weighted by Crippen LogP contribution is -2.29. The summed E-state index contributed by atoms with van der Waals surface area (Å²) >= 11 is 6.93. The van der Waals surface area contributed by atoms with Gasteiger partial charge in [0.2, 0.25) is 0 Å². The number of aliphatic hydroxyl groups excluding tert-OH is 1. The van der Waals surface area contributed by atoms with Gasteiger partial charge < -0.3 is 9.84 Å². The summed E-state index contributed by atoms with van der Waals surface area (Å²) < 4.78 is 19.7. The topological polar surface area (TPSA) is 92.6 Å². The summed E-state index contributed by atoms with van der Waals surface area (Å²) in [7, 11) is 1.53. The van der Waals surface area contributed by atoms with E-state index >= 15 is 0 Å². The maximum Gasteiger partial charge on any atom is 0.301 e. The molecule has 35 heavy (non-hydrogen) atoms. The van der Waals surface area contributed by atoms with Gasteiger partial charge in [-0.15, -0.1) is 0 Å². The lowest BCUT2D eigenvalue weighted by molar-refractivity contribution is -0.132. The first-order valence-electron chi connectivity index (χ1n) is 10.4. The molecule has 5 rings (SSSR count). The number of aliphatic hydroxyl groups is 1. The molecule has 1 N–H and O–H groups in total. The standard InChI is InChI=1S/C25H17ClFN3O4S/c1-12-9-13(6-7-18(12)34-2)22(31)20-21(16-5-3-4-8-28-16)30(24(33)23(20)32)25-29-17-10-14(26)15(27)11-19(17)35-25/h3-11,21,31H,1-2H3/b22-20+. The highest BCUT2D eigenvalue weighted by Gasteiger charge is 2.48. The van der Waals surface area contributed by atoms with E-state index in [1.165, 1.54) is 30.3 Å². The Kier molecular flexibility index (Phi) is 5.74. The van der Waals surface area contributed by atoms with Crippen LogP contribution in [0.5, 0.6) is 5.75 Å². The summed E-state index contributed by atoms with van der Waals surface area (Å²) in [5, 5.41) is 11.3. The number of carbonyl (C=O) groups is 2. The van der Waals surface area contributed by atoms with Gasteiger partial charge in [-0.25, -0.2) is 9.37 Å². The van der Waals surface area contributed by atoms with Gasteiger partial charge >= 0.3 is 5.91 Å². The Morgan fingerprint density at radius 2 is 2.00 bits per heavy atom. The number of thiazole rings is 1. The summed E-state index contributed by atoms with van der Waals surface area (Å²) in [6.45, 7) is 1.80. The van der Waals surface area contributed by atoms with Gasteiger partial charge in [-0.05, 0) is 55.0 Å². The van der Waals surface area contributed by atoms with Crippen molar-refractivity contribution in [3.63, 3.8) is 0 Å². The number of hydrogen-bond donors (Lipinski definition) is 1. The molecule has 0 radical (unpaired) electrons. The van der Waals surface area contributed by atoms with E-state index in [0.29, 0.717) is 27.2 Å². The Bertz CT molecular complexity index is 1500. The van der Waals surface area contributed by atoms with Crippen molar-refractivity contribution >= 4 is 55.7 Å². The van der Waals surface area contributed by atoms with E-state index in [-0.39, 0.29) is 21.5 Å². The van der Waals surface area contributed by atoms with Crippen molar-refractivity contribution in [2.75, 3.05) is 12.0 Å². The van der Waals surface area contributed by atoms with Crippen LogP contribution in [0.4, 0.5) is 9.52 Å². The van der Waals surface area contributed by atoms with Gasteiger partial charge in [-0.3, -0.25) is 19.5 Å². The molecule has 2 aromatic heterocycles. The minimum Gasteiger partial charge on any atom is -0.507 e. The molecule has 1 unspecified atom stereocenters. The molecule has 2 aromatic carbocycles. The number of ketones is 1. The number of nitrogens with zero attached hydrogens (tertiary/aromatic N) is 3. The van der Waals surface area contributed by atoms with Crippen LogP contribution < -0.4 is 9.64 Å². The number of Topliss-reactive ketones (excluding diaryl/α,β-unsaturated/α-hetero) is 1. The van der Waals surface area contributed by atoms with Crippen LogP contribution >= 0.6 is 22.9 Å². The number of aromatic nitrogens is 2. The molecule has 1 aliphatic rings. The number of benzene rings is 2. The van der Waals surface area contributed by atoms with Crippen LogP contribution in [0.3, 0.4) is 0 Å². The number of ether oxygens (including phenoxy) is 1. The van der Waals surface area contributed by atoms with Crippen LogP contribution in [-0.4, -0.2) is 33.9 Å². The number of pyridine rings is 1. The van der Waals surface area contributed by atoms with Gasteiger partial charge in [0.1, 0.15) is 23.4 Å². The minimum atomic E-state index is -1.04. The van der Waals surface area contributed by atoms with E-state index in [1.54, 1.807) is 43.3 Å². The van der Waals surface area contributed by atoms with Crippen molar-refractivity contribution < 1.29 is 23.8 Å². The number of hydrogen-bond acceptors (Lipinski definition) is 7. The third-order valence-corrected chi connectivity index (χ3v) is 7.01. The van der Waals surface area contributed by atoms with E-state index in [2.05, 4.69) is 9.97 Å². The van der Waals surface area contributed by atoms with Gasteiger partial charge in [-0.1, -0.05) is 29.0 Å². The maximum absolute atomic E-state index is 14.0. The van der Waals surface area contributed by atoms with Crippen LogP contribution in [0.1, 0.15) is 22.9 Å². The van der Waals surface area contributed by atoms with E-state index in [0.717, 1.165) is 16.9 Å². The second-order valence-corrected chi connectivity index (χ2v) is 9.25. The molecule has 4 aromatic rings. The van der Waals surface area contributed by atoms with Crippen molar-refractivity contribution in [3.05, 3.63) is 88.0 Å². The quantitative estimate of drug-likeness (QED) is 0.224. The fourth-order valence-corrected chi connectivity index (χ4v) is 5.20. The highest BCUT2D eigenvalue weighted by molar-refractivity contribution is 7.22. The summed E-state index contributed by atoms with van der Waals surface area (Å²) in [5.74, 6) is -2.10. The van der Waals surface area contributed by atoms with Crippen molar-refractivity contribution in [2.45, 2.75) is 13.0 Å². The number of halogens is 2. The summed E-state index contributed by atoms with van der Waals surface area (Å²) in [4.78, 5) is 36.5. The second-order valence-electron chi connectivity index (χ2n) is 7.84. The van der Waals surface area contributed by atoms with Gasteiger partial charge in [0.05, 0.1) is 33.6 Å². The first kappa shape index (κ1) is 22.9. The number of carbonyl (C=O) groups excluding carboxylic acids is 2. The predicted molar refractivity (Wildman–Crippen MR) is 131 cm³/mol. The number of rotatable bonds is 4. The number of methoxy groups -OCH3 is 1. The van der Waals surface area contributed by atoms with E-state index in [4.69, 9.17) is 16.3 Å². The summed E-state index contributed by atoms with van der Waals surface area (Å²) in [6, 6.07) is 11.6. The molecule has 7 nitrogen and oxygen atoms in total. The molecule has 176 valence electrons. The Morgan fingerprint density at radius 3 is 2.69 bits per heavy atom. The largest absolute Gasteiger partial charge is 0.507 e. The number of anilines is 1. The molecule has 1 saturated heterocycles. The number of aryl methyl sites for hydroxylation is 1. The van der Waals surface area contributed by atoms with Gasteiger partial charge in [0.15, 0.2) is 5.13 Å². The summed E-state index contributed by atoms with van der Waals surface area (Å²) in [5.41, 5.74) is 1.71. The van der Waals surface area contributed by atoms with Crippen molar-refractivity contribution in [3.8, 4) is 5.75 Å². The van der Waals surface area contributed by atoms with Crippen molar-refractivity contribution in [1.82, 2.24) is 9.97 Å². The normalized spacial score (nSPS) is 17.4. The first-order valence-corrected chi connectivity index (χ1v) is 11.6. The van der Waals surface area contributed by atoms with Crippen LogP contribution in [0.15, 0.2) is 60.3 Å². The molecule has 0 bridgehead atoms. The lowest BCUT2D eigenvalue weighted by Gasteiger charge is -2.22. The fraction of sp³-hybridized carbons (Fsp3) is 0.120. The third-order valence-electron chi connectivity index (χ3n) is 5.71. The van der Waals surface area contributed by atoms with Gasteiger partial charge in [0.25, 0.3) is 5.78 Å². The molecule has 1 atom stereocenters. The van der Waals surface area contributed by atoms with E-state index < -0.39 is 23.5 Å². The van der Waals surface area contributed by atoms with Crippen LogP contribution in [0, 0.1) is 12.7 Å². The highest BCUT2D eigenvalue weighted by Crippen LogP contribution is 2.44. The first-order chi connectivity index (χ1) is 16.8. The number of fused-ring (bicyclic) bond motifs is 1. The molecule has 0 aliphatic carbocycles. The Balaban J connectivity index is 1.71. The van der Waals surface area contributed by atoms with Crippen molar-refractivity contribution in [1.29, 1.82) is 0 Å². The highest BCUT2D eigenvalue weighted by atomic mass is 35.5. The molecule has 1 fully saturated rings. The Labute approximate surface area is 208 Å². The zero-order valence-electron chi connectivity index (χ0n) is 18.5. The zero-order chi connectivity index (χ0) is 24.9. The molecule has 10 heteroatoms.